The van der Waals surface area contributed by atoms with Gasteiger partial charge in [-0.1, -0.05) is 30.3 Å². The van der Waals surface area contributed by atoms with Gasteiger partial charge in [0.25, 0.3) is 0 Å². The predicted octanol–water partition coefficient (Wildman–Crippen LogP) is 2.90. The van der Waals surface area contributed by atoms with Crippen LogP contribution in [-0.4, -0.2) is 56.9 Å². The Kier molecular flexibility index (Phi) is 11.0. The Morgan fingerprint density at radius 3 is 2.83 bits per heavy atom. The van der Waals surface area contributed by atoms with Crippen molar-refractivity contribution < 1.29 is 9.47 Å². The Hall–Kier alpha value is -0.860. The third kappa shape index (κ3) is 7.81. The van der Waals surface area contributed by atoms with Crippen molar-refractivity contribution in [3.8, 4) is 0 Å². The minimum Gasteiger partial charge on any atom is -0.377 e. The first kappa shape index (κ1) is 21.2. The Balaban J connectivity index is 0.00000288. The van der Waals surface area contributed by atoms with Crippen LogP contribution in [0.15, 0.2) is 35.3 Å². The van der Waals surface area contributed by atoms with Crippen LogP contribution in [0.3, 0.4) is 0 Å². The summed E-state index contributed by atoms with van der Waals surface area (Å²) in [4.78, 5) is 6.78. The van der Waals surface area contributed by atoms with Crippen molar-refractivity contribution in [2.45, 2.75) is 32.4 Å². The molecule has 0 aliphatic carbocycles. The summed E-state index contributed by atoms with van der Waals surface area (Å²) in [6.07, 6.45) is 2.56. The van der Waals surface area contributed by atoms with E-state index < -0.39 is 0 Å². The average Bonchev–Trinajstić information content (AvgIpc) is 3.08. The number of nitrogens with one attached hydrogen (secondary N) is 1. The van der Waals surface area contributed by atoms with E-state index in [-0.39, 0.29) is 30.1 Å². The van der Waals surface area contributed by atoms with Crippen molar-refractivity contribution in [2.75, 3.05) is 40.0 Å². The molecule has 5 nitrogen and oxygen atoms in total. The molecule has 24 heavy (non-hydrogen) atoms. The molecule has 1 aliphatic heterocycles. The van der Waals surface area contributed by atoms with E-state index >= 15 is 0 Å². The Morgan fingerprint density at radius 2 is 2.17 bits per heavy atom. The molecule has 136 valence electrons. The lowest BCUT2D eigenvalue weighted by molar-refractivity contribution is 0.0199. The number of ether oxygens (including phenoxy) is 2. The number of nitrogens with zero attached hydrogens (tertiary/aromatic N) is 2. The highest BCUT2D eigenvalue weighted by atomic mass is 127. The van der Waals surface area contributed by atoms with Gasteiger partial charge in [-0.2, -0.15) is 0 Å². The zero-order chi connectivity index (χ0) is 16.3. The number of guanidine groups is 1. The number of halogens is 1. The van der Waals surface area contributed by atoms with Crippen molar-refractivity contribution in [1.29, 1.82) is 0 Å². The molecule has 2 rings (SSSR count). The van der Waals surface area contributed by atoms with E-state index in [1.54, 1.807) is 0 Å². The molecule has 1 aromatic carbocycles. The van der Waals surface area contributed by atoms with Gasteiger partial charge in [-0.05, 0) is 25.3 Å². The predicted molar refractivity (Wildman–Crippen MR) is 109 cm³/mol. The number of rotatable bonds is 8. The summed E-state index contributed by atoms with van der Waals surface area (Å²) in [6, 6.07) is 10.4. The average molecular weight is 447 g/mol. The largest absolute Gasteiger partial charge is 0.377 e. The molecule has 0 radical (unpaired) electrons. The Bertz CT molecular complexity index is 465. The summed E-state index contributed by atoms with van der Waals surface area (Å²) in [5.41, 5.74) is 1.27. The smallest absolute Gasteiger partial charge is 0.194 e. The standard InChI is InChI=1S/C18H29N3O2.HI/c1-3-19-18(21(2)14-16-8-5-4-6-9-16)20-11-13-22-15-17-10-7-12-23-17;/h4-6,8-9,17H,3,7,10-15H2,1-2H3,(H,19,20);1H. The van der Waals surface area contributed by atoms with Crippen LogP contribution in [0.5, 0.6) is 0 Å². The van der Waals surface area contributed by atoms with Gasteiger partial charge in [0.2, 0.25) is 0 Å². The van der Waals surface area contributed by atoms with E-state index in [2.05, 4.69) is 53.4 Å². The molecule has 0 saturated carbocycles. The van der Waals surface area contributed by atoms with E-state index in [0.717, 1.165) is 38.5 Å². The van der Waals surface area contributed by atoms with E-state index in [0.29, 0.717) is 19.8 Å². The van der Waals surface area contributed by atoms with Crippen molar-refractivity contribution in [3.63, 3.8) is 0 Å². The van der Waals surface area contributed by atoms with Crippen molar-refractivity contribution >= 4 is 29.9 Å². The van der Waals surface area contributed by atoms with Crippen LogP contribution in [0.1, 0.15) is 25.3 Å². The molecule has 0 amide bonds. The van der Waals surface area contributed by atoms with Gasteiger partial charge >= 0.3 is 0 Å². The molecule has 0 bridgehead atoms. The maximum Gasteiger partial charge on any atom is 0.194 e. The van der Waals surface area contributed by atoms with Crippen molar-refractivity contribution in [1.82, 2.24) is 10.2 Å². The molecular formula is C18H30IN3O2. The minimum absolute atomic E-state index is 0. The van der Waals surface area contributed by atoms with Crippen LogP contribution >= 0.6 is 24.0 Å². The number of benzene rings is 1. The zero-order valence-corrected chi connectivity index (χ0v) is 17.1. The first-order valence-electron chi connectivity index (χ1n) is 8.52. The van der Waals surface area contributed by atoms with Gasteiger partial charge in [0.1, 0.15) is 0 Å². The first-order chi connectivity index (χ1) is 11.3. The van der Waals surface area contributed by atoms with E-state index in [1.165, 1.54) is 5.56 Å². The van der Waals surface area contributed by atoms with Crippen molar-refractivity contribution in [3.05, 3.63) is 35.9 Å². The summed E-state index contributed by atoms with van der Waals surface area (Å²) in [5, 5.41) is 3.33. The second kappa shape index (κ2) is 12.5. The van der Waals surface area contributed by atoms with Gasteiger partial charge < -0.3 is 19.7 Å². The second-order valence-corrected chi connectivity index (χ2v) is 5.79. The van der Waals surface area contributed by atoms with Crippen LogP contribution in [0.4, 0.5) is 0 Å². The molecule has 1 saturated heterocycles. The lowest BCUT2D eigenvalue weighted by Gasteiger charge is -2.22. The maximum atomic E-state index is 5.67. The normalized spacial score (nSPS) is 17.4. The lowest BCUT2D eigenvalue weighted by atomic mass is 10.2. The second-order valence-electron chi connectivity index (χ2n) is 5.79. The SMILES string of the molecule is CCNC(=NCCOCC1CCCO1)N(C)Cc1ccccc1.I. The quantitative estimate of drug-likeness (QED) is 0.288. The highest BCUT2D eigenvalue weighted by Crippen LogP contribution is 2.11. The molecule has 6 heteroatoms. The van der Waals surface area contributed by atoms with Crippen LogP contribution in [-0.2, 0) is 16.0 Å². The molecule has 1 heterocycles. The number of hydrogen-bond acceptors (Lipinski definition) is 3. The van der Waals surface area contributed by atoms with Gasteiger partial charge in [-0.15, -0.1) is 24.0 Å². The van der Waals surface area contributed by atoms with Crippen LogP contribution in [0.25, 0.3) is 0 Å². The summed E-state index contributed by atoms with van der Waals surface area (Å²) in [7, 11) is 2.06. The van der Waals surface area contributed by atoms with Crippen molar-refractivity contribution in [2.24, 2.45) is 4.99 Å². The highest BCUT2D eigenvalue weighted by molar-refractivity contribution is 14.0. The zero-order valence-electron chi connectivity index (χ0n) is 14.7. The van der Waals surface area contributed by atoms with Gasteiger partial charge in [-0.25, -0.2) is 0 Å². The third-order valence-corrected chi connectivity index (χ3v) is 3.78. The first-order valence-corrected chi connectivity index (χ1v) is 8.52. The fourth-order valence-electron chi connectivity index (χ4n) is 2.61. The number of aliphatic imine (C=N–C) groups is 1. The minimum atomic E-state index is 0. The summed E-state index contributed by atoms with van der Waals surface area (Å²) >= 11 is 0. The molecule has 1 atom stereocenters. The van der Waals surface area contributed by atoms with E-state index in [1.807, 2.05) is 6.07 Å². The molecule has 1 aliphatic rings. The fourth-order valence-corrected chi connectivity index (χ4v) is 2.61. The molecule has 1 aromatic rings. The molecule has 0 aromatic heterocycles. The van der Waals surface area contributed by atoms with Crippen LogP contribution in [0.2, 0.25) is 0 Å². The van der Waals surface area contributed by atoms with Gasteiger partial charge in [0.15, 0.2) is 5.96 Å². The van der Waals surface area contributed by atoms with Gasteiger partial charge in [0, 0.05) is 26.7 Å². The monoisotopic (exact) mass is 447 g/mol. The highest BCUT2D eigenvalue weighted by Gasteiger charge is 2.15. The number of hydrogen-bond donors (Lipinski definition) is 1. The lowest BCUT2D eigenvalue weighted by Crippen LogP contribution is -2.38. The van der Waals surface area contributed by atoms with Gasteiger partial charge in [0.05, 0.1) is 25.9 Å². The fraction of sp³-hybridized carbons (Fsp3) is 0.611. The molecule has 1 fully saturated rings. The summed E-state index contributed by atoms with van der Waals surface area (Å²) in [5.74, 6) is 0.914. The third-order valence-electron chi connectivity index (χ3n) is 3.78. The molecule has 1 N–H and O–H groups in total. The van der Waals surface area contributed by atoms with Gasteiger partial charge in [-0.3, -0.25) is 4.99 Å². The Morgan fingerprint density at radius 1 is 1.38 bits per heavy atom. The van der Waals surface area contributed by atoms with E-state index in [4.69, 9.17) is 9.47 Å². The maximum absolute atomic E-state index is 5.67. The van der Waals surface area contributed by atoms with E-state index in [9.17, 15) is 0 Å². The topological polar surface area (TPSA) is 46.1 Å². The summed E-state index contributed by atoms with van der Waals surface area (Å²) < 4.78 is 11.2. The molecule has 0 spiro atoms. The Labute approximate surface area is 162 Å². The van der Waals surface area contributed by atoms with Crippen LogP contribution < -0.4 is 5.32 Å². The molecule has 1 unspecified atom stereocenters. The summed E-state index contributed by atoms with van der Waals surface area (Å²) in [6.45, 7) is 6.63. The molecular weight excluding hydrogens is 417 g/mol. The van der Waals surface area contributed by atoms with Crippen LogP contribution in [0, 0.1) is 0 Å².